The lowest BCUT2D eigenvalue weighted by atomic mass is 10.2. The fraction of sp³-hybridized carbons (Fsp3) is 0.333. The van der Waals surface area contributed by atoms with E-state index in [4.69, 9.17) is 4.74 Å². The minimum absolute atomic E-state index is 0.732. The van der Waals surface area contributed by atoms with Crippen LogP contribution in [0.5, 0.6) is 0 Å². The summed E-state index contributed by atoms with van der Waals surface area (Å²) in [5.41, 5.74) is 3.47. The molecule has 0 aliphatic carbocycles. The molecule has 4 heterocycles. The lowest BCUT2D eigenvalue weighted by molar-refractivity contribution is 0.122. The van der Waals surface area contributed by atoms with E-state index in [1.807, 2.05) is 29.6 Å². The van der Waals surface area contributed by atoms with Gasteiger partial charge in [-0.1, -0.05) is 0 Å². The number of fused-ring (bicyclic) bond motifs is 1. The Morgan fingerprint density at radius 3 is 2.91 bits per heavy atom. The Hall–Kier alpha value is -2.54. The molecule has 0 aromatic carbocycles. The van der Waals surface area contributed by atoms with Gasteiger partial charge in [0.05, 0.1) is 24.6 Å². The SMILES string of the molecule is Cc1nc2cccnn2c1-c1cc(N2CCOCC2)ncn1. The van der Waals surface area contributed by atoms with Crippen LogP contribution in [0.15, 0.2) is 30.7 Å². The second-order valence-electron chi connectivity index (χ2n) is 5.20. The van der Waals surface area contributed by atoms with Crippen LogP contribution in [0.4, 0.5) is 5.82 Å². The fourth-order valence-corrected chi connectivity index (χ4v) is 2.73. The van der Waals surface area contributed by atoms with Gasteiger partial charge in [0.25, 0.3) is 0 Å². The number of rotatable bonds is 2. The summed E-state index contributed by atoms with van der Waals surface area (Å²) in [7, 11) is 0. The second-order valence-corrected chi connectivity index (χ2v) is 5.20. The minimum atomic E-state index is 0.732. The van der Waals surface area contributed by atoms with Gasteiger partial charge in [-0.3, -0.25) is 0 Å². The quantitative estimate of drug-likeness (QED) is 0.710. The summed E-state index contributed by atoms with van der Waals surface area (Å²) < 4.78 is 7.21. The highest BCUT2D eigenvalue weighted by atomic mass is 16.5. The Bertz CT molecular complexity index is 809. The highest BCUT2D eigenvalue weighted by Crippen LogP contribution is 2.24. The van der Waals surface area contributed by atoms with Gasteiger partial charge in [0.1, 0.15) is 17.8 Å². The zero-order chi connectivity index (χ0) is 14.9. The van der Waals surface area contributed by atoms with Gasteiger partial charge < -0.3 is 9.64 Å². The predicted octanol–water partition coefficient (Wildman–Crippen LogP) is 1.33. The third kappa shape index (κ3) is 2.19. The van der Waals surface area contributed by atoms with E-state index in [0.717, 1.165) is 54.9 Å². The summed E-state index contributed by atoms with van der Waals surface area (Å²) >= 11 is 0. The maximum atomic E-state index is 5.39. The van der Waals surface area contributed by atoms with Crippen LogP contribution in [0, 0.1) is 6.92 Å². The first-order valence-electron chi connectivity index (χ1n) is 7.28. The first kappa shape index (κ1) is 13.1. The molecular weight excluding hydrogens is 280 g/mol. The van der Waals surface area contributed by atoms with E-state index in [1.54, 1.807) is 12.5 Å². The van der Waals surface area contributed by atoms with E-state index in [2.05, 4.69) is 25.0 Å². The van der Waals surface area contributed by atoms with Gasteiger partial charge in [0, 0.05) is 25.4 Å². The van der Waals surface area contributed by atoms with Crippen molar-refractivity contribution >= 4 is 11.5 Å². The number of aromatic nitrogens is 5. The third-order valence-corrected chi connectivity index (χ3v) is 3.80. The molecule has 0 atom stereocenters. The molecule has 112 valence electrons. The summed E-state index contributed by atoms with van der Waals surface area (Å²) in [6.07, 6.45) is 3.35. The monoisotopic (exact) mass is 296 g/mol. The number of hydrogen-bond acceptors (Lipinski definition) is 6. The van der Waals surface area contributed by atoms with Crippen molar-refractivity contribution in [3.05, 3.63) is 36.4 Å². The smallest absolute Gasteiger partial charge is 0.154 e. The van der Waals surface area contributed by atoms with Crippen LogP contribution in [0.2, 0.25) is 0 Å². The third-order valence-electron chi connectivity index (χ3n) is 3.80. The molecule has 1 fully saturated rings. The van der Waals surface area contributed by atoms with Crippen LogP contribution in [0.1, 0.15) is 5.69 Å². The molecule has 7 nitrogen and oxygen atoms in total. The molecule has 1 saturated heterocycles. The maximum Gasteiger partial charge on any atom is 0.154 e. The first-order valence-corrected chi connectivity index (χ1v) is 7.28. The Morgan fingerprint density at radius 2 is 2.05 bits per heavy atom. The van der Waals surface area contributed by atoms with Gasteiger partial charge in [-0.25, -0.2) is 19.5 Å². The number of hydrogen-bond donors (Lipinski definition) is 0. The van der Waals surface area contributed by atoms with Crippen LogP contribution in [-0.4, -0.2) is 50.9 Å². The Labute approximate surface area is 127 Å². The lowest BCUT2D eigenvalue weighted by Gasteiger charge is -2.27. The van der Waals surface area contributed by atoms with E-state index in [0.29, 0.717) is 0 Å². The molecular formula is C15H16N6O. The van der Waals surface area contributed by atoms with Crippen LogP contribution < -0.4 is 4.90 Å². The van der Waals surface area contributed by atoms with Crippen LogP contribution in [0.3, 0.4) is 0 Å². The molecule has 0 bridgehead atoms. The van der Waals surface area contributed by atoms with E-state index in [1.165, 1.54) is 0 Å². The van der Waals surface area contributed by atoms with Gasteiger partial charge in [-0.05, 0) is 19.1 Å². The van der Waals surface area contributed by atoms with Crippen LogP contribution in [0.25, 0.3) is 17.0 Å². The molecule has 0 N–H and O–H groups in total. The van der Waals surface area contributed by atoms with E-state index in [-0.39, 0.29) is 0 Å². The highest BCUT2D eigenvalue weighted by Gasteiger charge is 2.17. The van der Waals surface area contributed by atoms with Gasteiger partial charge >= 0.3 is 0 Å². The molecule has 1 aliphatic heterocycles. The summed E-state index contributed by atoms with van der Waals surface area (Å²) in [4.78, 5) is 15.6. The molecule has 3 aromatic heterocycles. The van der Waals surface area contributed by atoms with Crippen molar-refractivity contribution in [3.8, 4) is 11.4 Å². The van der Waals surface area contributed by atoms with Crippen LogP contribution in [-0.2, 0) is 4.74 Å². The van der Waals surface area contributed by atoms with Gasteiger partial charge in [0.15, 0.2) is 5.65 Å². The number of imidazole rings is 1. The molecule has 3 aromatic rings. The number of aryl methyl sites for hydroxylation is 1. The summed E-state index contributed by atoms with van der Waals surface area (Å²) in [6, 6.07) is 5.81. The predicted molar refractivity (Wildman–Crippen MR) is 81.8 cm³/mol. The van der Waals surface area contributed by atoms with E-state index in [9.17, 15) is 0 Å². The molecule has 7 heteroatoms. The van der Waals surface area contributed by atoms with Crippen molar-refractivity contribution in [2.24, 2.45) is 0 Å². The van der Waals surface area contributed by atoms with Crippen LogP contribution >= 0.6 is 0 Å². The summed E-state index contributed by atoms with van der Waals surface area (Å²) in [5.74, 6) is 0.915. The molecule has 4 rings (SSSR count). The summed E-state index contributed by atoms with van der Waals surface area (Å²) in [5, 5.41) is 4.38. The molecule has 0 spiro atoms. The normalized spacial score (nSPS) is 15.4. The summed E-state index contributed by atoms with van der Waals surface area (Å²) in [6.45, 7) is 5.13. The first-order chi connectivity index (χ1) is 10.8. The fourth-order valence-electron chi connectivity index (χ4n) is 2.73. The zero-order valence-corrected chi connectivity index (χ0v) is 12.3. The number of ether oxygens (including phenoxy) is 1. The Kier molecular flexibility index (Phi) is 3.19. The average molecular weight is 296 g/mol. The van der Waals surface area contributed by atoms with Gasteiger partial charge in [-0.15, -0.1) is 0 Å². The van der Waals surface area contributed by atoms with E-state index < -0.39 is 0 Å². The van der Waals surface area contributed by atoms with Crippen molar-refractivity contribution in [2.75, 3.05) is 31.2 Å². The van der Waals surface area contributed by atoms with Crippen molar-refractivity contribution in [1.82, 2.24) is 24.6 Å². The zero-order valence-electron chi connectivity index (χ0n) is 12.3. The lowest BCUT2D eigenvalue weighted by Crippen LogP contribution is -2.36. The molecule has 0 saturated carbocycles. The minimum Gasteiger partial charge on any atom is -0.378 e. The van der Waals surface area contributed by atoms with Crippen molar-refractivity contribution in [3.63, 3.8) is 0 Å². The molecule has 1 aliphatic rings. The topological polar surface area (TPSA) is 68.4 Å². The Morgan fingerprint density at radius 1 is 1.18 bits per heavy atom. The van der Waals surface area contributed by atoms with Gasteiger partial charge in [0.2, 0.25) is 0 Å². The highest BCUT2D eigenvalue weighted by molar-refractivity contribution is 5.65. The molecule has 0 amide bonds. The Balaban J connectivity index is 1.80. The largest absolute Gasteiger partial charge is 0.378 e. The maximum absolute atomic E-state index is 5.39. The molecule has 0 radical (unpaired) electrons. The van der Waals surface area contributed by atoms with Crippen molar-refractivity contribution < 1.29 is 4.74 Å². The average Bonchev–Trinajstić information content (AvgIpc) is 2.91. The van der Waals surface area contributed by atoms with E-state index >= 15 is 0 Å². The van der Waals surface area contributed by atoms with Gasteiger partial charge in [-0.2, -0.15) is 5.10 Å². The second kappa shape index (κ2) is 5.34. The molecule has 0 unspecified atom stereocenters. The number of nitrogens with zero attached hydrogens (tertiary/aromatic N) is 6. The number of morpholine rings is 1. The molecule has 22 heavy (non-hydrogen) atoms. The number of anilines is 1. The standard InChI is InChI=1S/C15H16N6O/c1-11-15(21-13(19-11)3-2-4-18-21)12-9-14(17-10-16-12)20-5-7-22-8-6-20/h2-4,9-10H,5-8H2,1H3. The van der Waals surface area contributed by atoms with Crippen molar-refractivity contribution in [1.29, 1.82) is 0 Å². The van der Waals surface area contributed by atoms with Crippen molar-refractivity contribution in [2.45, 2.75) is 6.92 Å².